The maximum absolute atomic E-state index is 13.4. The number of para-hydroxylation sites is 1. The van der Waals surface area contributed by atoms with Crippen LogP contribution >= 0.6 is 0 Å². The first-order chi connectivity index (χ1) is 21.4. The number of anilines is 2. The maximum atomic E-state index is 13.4. The Morgan fingerprint density at radius 2 is 1.55 bits per heavy atom. The number of esters is 1. The van der Waals surface area contributed by atoms with E-state index in [1.54, 1.807) is 47.4 Å². The Labute approximate surface area is 257 Å². The first kappa shape index (κ1) is 31.9. The van der Waals surface area contributed by atoms with Crippen molar-refractivity contribution in [2.75, 3.05) is 30.5 Å². The van der Waals surface area contributed by atoms with Crippen molar-refractivity contribution < 1.29 is 28.2 Å². The molecule has 0 spiro atoms. The number of carbonyl (C=O) groups excluding carboxylic acids is 3. The van der Waals surface area contributed by atoms with E-state index in [0.29, 0.717) is 60.7 Å². The molecule has 0 bridgehead atoms. The number of ether oxygens (including phenoxy) is 2. The molecular weight excluding hydrogens is 559 g/mol. The van der Waals surface area contributed by atoms with Crippen LogP contribution in [0.4, 0.5) is 15.8 Å². The summed E-state index contributed by atoms with van der Waals surface area (Å²) in [6.45, 7) is 2.78. The normalized spacial score (nSPS) is 11.3. The van der Waals surface area contributed by atoms with Crippen LogP contribution in [0.2, 0.25) is 0 Å². The average molecular weight is 597 g/mol. The molecule has 0 aliphatic heterocycles. The van der Waals surface area contributed by atoms with Crippen LogP contribution in [-0.4, -0.2) is 44.0 Å². The van der Waals surface area contributed by atoms with E-state index in [9.17, 15) is 18.8 Å². The van der Waals surface area contributed by atoms with Crippen LogP contribution < -0.4 is 15.0 Å². The lowest BCUT2D eigenvalue weighted by molar-refractivity contribution is -0.141. The van der Waals surface area contributed by atoms with Gasteiger partial charge in [0, 0.05) is 41.9 Å². The largest absolute Gasteiger partial charge is 0.494 e. The number of hydrogen-bond acceptors (Lipinski definition) is 6. The number of benzene rings is 4. The Hall–Kier alpha value is -4.98. The predicted molar refractivity (Wildman–Crippen MR) is 170 cm³/mol. The third-order valence-corrected chi connectivity index (χ3v) is 7.08. The summed E-state index contributed by atoms with van der Waals surface area (Å²) in [7, 11) is 1.34. The van der Waals surface area contributed by atoms with E-state index in [1.807, 2.05) is 55.5 Å². The van der Waals surface area contributed by atoms with Crippen molar-refractivity contribution >= 4 is 29.0 Å². The fraction of sp³-hybridized carbons (Fsp3) is 0.250. The lowest BCUT2D eigenvalue weighted by atomic mass is 10.00. The summed E-state index contributed by atoms with van der Waals surface area (Å²) in [4.78, 5) is 40.2. The second-order valence-electron chi connectivity index (χ2n) is 10.3. The molecule has 228 valence electrons. The molecule has 4 rings (SSSR count). The van der Waals surface area contributed by atoms with Gasteiger partial charge in [0.25, 0.3) is 0 Å². The molecule has 0 aromatic heterocycles. The van der Waals surface area contributed by atoms with Crippen LogP contribution in [0.5, 0.6) is 5.75 Å². The Morgan fingerprint density at radius 1 is 0.864 bits per heavy atom. The lowest BCUT2D eigenvalue weighted by Crippen LogP contribution is -2.33. The van der Waals surface area contributed by atoms with Gasteiger partial charge in [-0.2, -0.15) is 0 Å². The quantitative estimate of drug-likeness (QED) is 0.0918. The molecule has 0 unspecified atom stereocenters. The van der Waals surface area contributed by atoms with Gasteiger partial charge in [0.15, 0.2) is 5.78 Å². The highest BCUT2D eigenvalue weighted by molar-refractivity contribution is 6.12. The van der Waals surface area contributed by atoms with Crippen LogP contribution in [-0.2, 0) is 20.7 Å². The van der Waals surface area contributed by atoms with Crippen molar-refractivity contribution in [3.05, 3.63) is 126 Å². The zero-order valence-electron chi connectivity index (χ0n) is 25.0. The summed E-state index contributed by atoms with van der Waals surface area (Å²) in [6, 6.07) is 28.7. The molecule has 8 heteroatoms. The zero-order valence-corrected chi connectivity index (χ0v) is 25.0. The Morgan fingerprint density at radius 3 is 2.23 bits per heavy atom. The maximum Gasteiger partial charge on any atom is 0.328 e. The second-order valence-corrected chi connectivity index (χ2v) is 10.3. The molecular formula is C36H37FN2O5. The minimum Gasteiger partial charge on any atom is -0.494 e. The van der Waals surface area contributed by atoms with E-state index >= 15 is 0 Å². The third-order valence-electron chi connectivity index (χ3n) is 7.08. The van der Waals surface area contributed by atoms with Gasteiger partial charge in [-0.25, -0.2) is 9.18 Å². The molecule has 4 aromatic carbocycles. The van der Waals surface area contributed by atoms with Crippen LogP contribution in [0.1, 0.15) is 47.7 Å². The number of methoxy groups -OCH3 is 1. The first-order valence-electron chi connectivity index (χ1n) is 14.7. The van der Waals surface area contributed by atoms with Gasteiger partial charge < -0.3 is 19.7 Å². The fourth-order valence-corrected chi connectivity index (χ4v) is 4.81. The van der Waals surface area contributed by atoms with E-state index in [1.165, 1.54) is 19.2 Å². The summed E-state index contributed by atoms with van der Waals surface area (Å²) >= 11 is 0. The second kappa shape index (κ2) is 16.0. The van der Waals surface area contributed by atoms with E-state index in [4.69, 9.17) is 9.47 Å². The topological polar surface area (TPSA) is 84.9 Å². The number of rotatable bonds is 15. The molecule has 0 fully saturated rings. The number of hydrogen-bond donors (Lipinski definition) is 1. The summed E-state index contributed by atoms with van der Waals surface area (Å²) in [5.41, 5.74) is 3.10. The average Bonchev–Trinajstić information content (AvgIpc) is 3.05. The van der Waals surface area contributed by atoms with Crippen molar-refractivity contribution in [3.8, 4) is 5.75 Å². The van der Waals surface area contributed by atoms with Gasteiger partial charge in [-0.15, -0.1) is 0 Å². The van der Waals surface area contributed by atoms with E-state index in [-0.39, 0.29) is 17.5 Å². The van der Waals surface area contributed by atoms with Gasteiger partial charge in [-0.1, -0.05) is 61.5 Å². The van der Waals surface area contributed by atoms with E-state index < -0.39 is 12.0 Å². The molecule has 0 heterocycles. The van der Waals surface area contributed by atoms with Crippen LogP contribution in [0, 0.1) is 5.82 Å². The van der Waals surface area contributed by atoms with Gasteiger partial charge in [-0.3, -0.25) is 9.59 Å². The third kappa shape index (κ3) is 8.77. The minimum absolute atomic E-state index is 0.00992. The highest BCUT2D eigenvalue weighted by Crippen LogP contribution is 2.23. The standard InChI is InChI=1S/C36H37FN2O5/c1-3-10-34(40)39(29-19-17-28(37)18-20-29)23-9-24-44-30-21-15-26(16-22-30)25-33(36(42)43-2)38-32-14-8-7-13-31(32)35(41)27-11-5-4-6-12-27/h4-8,11-22,33,38H,3,9-10,23-25H2,1-2H3/t33-/m0/s1. The van der Waals surface area contributed by atoms with Gasteiger partial charge in [-0.05, 0) is 66.9 Å². The molecule has 0 aliphatic rings. The van der Waals surface area contributed by atoms with Crippen molar-refractivity contribution in [3.63, 3.8) is 0 Å². The lowest BCUT2D eigenvalue weighted by Gasteiger charge is -2.23. The SMILES string of the molecule is CCCC(=O)N(CCCOc1ccc(C[C@H](Nc2ccccc2C(=O)c2ccccc2)C(=O)OC)cc1)c1ccc(F)cc1. The number of carbonyl (C=O) groups is 3. The van der Waals surface area contributed by atoms with Gasteiger partial charge >= 0.3 is 5.97 Å². The van der Waals surface area contributed by atoms with Crippen LogP contribution in [0.15, 0.2) is 103 Å². The van der Waals surface area contributed by atoms with Crippen molar-refractivity contribution in [2.24, 2.45) is 0 Å². The summed E-state index contributed by atoms with van der Waals surface area (Å²) in [5, 5.41) is 3.22. The number of ketones is 1. The minimum atomic E-state index is -0.727. The molecule has 0 aliphatic carbocycles. The highest BCUT2D eigenvalue weighted by Gasteiger charge is 2.23. The summed E-state index contributed by atoms with van der Waals surface area (Å²) < 4.78 is 24.4. The summed E-state index contributed by atoms with van der Waals surface area (Å²) in [6.07, 6.45) is 2.05. The number of halogens is 1. The molecule has 0 saturated carbocycles. The number of amides is 1. The molecule has 0 radical (unpaired) electrons. The molecule has 1 N–H and O–H groups in total. The molecule has 1 amide bonds. The predicted octanol–water partition coefficient (Wildman–Crippen LogP) is 6.86. The summed E-state index contributed by atoms with van der Waals surface area (Å²) in [5.74, 6) is -0.294. The number of nitrogens with zero attached hydrogens (tertiary/aromatic N) is 1. The molecule has 0 saturated heterocycles. The van der Waals surface area contributed by atoms with Gasteiger partial charge in [0.1, 0.15) is 17.6 Å². The van der Waals surface area contributed by atoms with E-state index in [2.05, 4.69) is 5.32 Å². The Balaban J connectivity index is 1.36. The molecule has 44 heavy (non-hydrogen) atoms. The Kier molecular flexibility index (Phi) is 11.6. The van der Waals surface area contributed by atoms with Crippen molar-refractivity contribution in [2.45, 2.75) is 38.6 Å². The molecule has 7 nitrogen and oxygen atoms in total. The van der Waals surface area contributed by atoms with Crippen LogP contribution in [0.3, 0.4) is 0 Å². The number of nitrogens with one attached hydrogen (secondary N) is 1. The van der Waals surface area contributed by atoms with Gasteiger partial charge in [0.05, 0.1) is 13.7 Å². The van der Waals surface area contributed by atoms with Crippen molar-refractivity contribution in [1.29, 1.82) is 0 Å². The Bertz CT molecular complexity index is 1520. The smallest absolute Gasteiger partial charge is 0.328 e. The first-order valence-corrected chi connectivity index (χ1v) is 14.7. The monoisotopic (exact) mass is 596 g/mol. The van der Waals surface area contributed by atoms with Crippen LogP contribution in [0.25, 0.3) is 0 Å². The highest BCUT2D eigenvalue weighted by atomic mass is 19.1. The van der Waals surface area contributed by atoms with Crippen molar-refractivity contribution in [1.82, 2.24) is 0 Å². The van der Waals surface area contributed by atoms with E-state index in [0.717, 1.165) is 12.0 Å². The zero-order chi connectivity index (χ0) is 31.3. The molecule has 1 atom stereocenters. The van der Waals surface area contributed by atoms with Gasteiger partial charge in [0.2, 0.25) is 5.91 Å². The fourth-order valence-electron chi connectivity index (χ4n) is 4.81. The molecule has 4 aromatic rings.